The van der Waals surface area contributed by atoms with Crippen molar-refractivity contribution in [3.05, 3.63) is 48.4 Å². The quantitative estimate of drug-likeness (QED) is 0.866. The molecule has 0 unspecified atom stereocenters. The minimum Gasteiger partial charge on any atom is -0.384 e. The van der Waals surface area contributed by atoms with Crippen molar-refractivity contribution in [2.75, 3.05) is 24.2 Å². The van der Waals surface area contributed by atoms with Crippen LogP contribution in [0.2, 0.25) is 0 Å². The van der Waals surface area contributed by atoms with Crippen LogP contribution in [0, 0.1) is 0 Å². The topological polar surface area (TPSA) is 55.0 Å². The number of rotatable bonds is 4. The van der Waals surface area contributed by atoms with E-state index in [1.54, 1.807) is 6.20 Å². The van der Waals surface area contributed by atoms with E-state index in [0.29, 0.717) is 5.82 Å². The second kappa shape index (κ2) is 5.30. The molecule has 0 aliphatic heterocycles. The van der Waals surface area contributed by atoms with Crippen LogP contribution >= 0.6 is 0 Å². The summed E-state index contributed by atoms with van der Waals surface area (Å²) >= 11 is 0. The van der Waals surface area contributed by atoms with Gasteiger partial charge in [0.2, 0.25) is 0 Å². The van der Waals surface area contributed by atoms with E-state index in [1.165, 1.54) is 0 Å². The molecule has 0 aliphatic carbocycles. The lowest BCUT2D eigenvalue weighted by molar-refractivity contribution is 0.852. The smallest absolute Gasteiger partial charge is 0.125 e. The molecule has 0 atom stereocenters. The zero-order valence-corrected chi connectivity index (χ0v) is 9.87. The lowest BCUT2D eigenvalue weighted by atomic mass is 10.2. The molecule has 2 rings (SSSR count). The number of anilines is 2. The van der Waals surface area contributed by atoms with E-state index < -0.39 is 0 Å². The Kier molecular flexibility index (Phi) is 3.55. The maximum Gasteiger partial charge on any atom is 0.125 e. The van der Waals surface area contributed by atoms with Crippen molar-refractivity contribution < 1.29 is 0 Å². The summed E-state index contributed by atoms with van der Waals surface area (Å²) in [4.78, 5) is 10.4. The Labute approximate surface area is 101 Å². The molecule has 2 heterocycles. The molecule has 4 heteroatoms. The monoisotopic (exact) mass is 228 g/mol. The number of hydrogen-bond acceptors (Lipinski definition) is 4. The van der Waals surface area contributed by atoms with Gasteiger partial charge >= 0.3 is 0 Å². The first-order valence-electron chi connectivity index (χ1n) is 5.58. The molecule has 0 amide bonds. The van der Waals surface area contributed by atoms with E-state index in [0.717, 1.165) is 24.3 Å². The van der Waals surface area contributed by atoms with Crippen LogP contribution < -0.4 is 10.6 Å². The predicted octanol–water partition coefficient (Wildman–Crippen LogP) is 1.74. The third kappa shape index (κ3) is 3.17. The molecule has 88 valence electrons. The summed E-state index contributed by atoms with van der Waals surface area (Å²) in [6, 6.07) is 9.80. The van der Waals surface area contributed by atoms with Gasteiger partial charge in [0.25, 0.3) is 0 Å². The van der Waals surface area contributed by atoms with Gasteiger partial charge in [0.1, 0.15) is 5.82 Å². The molecule has 0 saturated heterocycles. The van der Waals surface area contributed by atoms with Gasteiger partial charge in [0, 0.05) is 49.9 Å². The van der Waals surface area contributed by atoms with E-state index in [4.69, 9.17) is 5.73 Å². The highest BCUT2D eigenvalue weighted by Crippen LogP contribution is 2.14. The van der Waals surface area contributed by atoms with Crippen molar-refractivity contribution in [3.63, 3.8) is 0 Å². The highest BCUT2D eigenvalue weighted by molar-refractivity contribution is 5.51. The van der Waals surface area contributed by atoms with Gasteiger partial charge in [0.05, 0.1) is 0 Å². The largest absolute Gasteiger partial charge is 0.384 e. The minimum absolute atomic E-state index is 0.548. The van der Waals surface area contributed by atoms with Gasteiger partial charge < -0.3 is 10.6 Å². The van der Waals surface area contributed by atoms with Crippen LogP contribution in [0.15, 0.2) is 42.7 Å². The molecule has 0 fully saturated rings. The summed E-state index contributed by atoms with van der Waals surface area (Å²) in [7, 11) is 2.04. The number of nitrogen functional groups attached to an aromatic ring is 1. The van der Waals surface area contributed by atoms with E-state index in [-0.39, 0.29) is 0 Å². The zero-order chi connectivity index (χ0) is 12.1. The van der Waals surface area contributed by atoms with Gasteiger partial charge in [-0.3, -0.25) is 4.98 Å². The molecule has 2 aromatic rings. The van der Waals surface area contributed by atoms with E-state index in [2.05, 4.69) is 14.9 Å². The van der Waals surface area contributed by atoms with Crippen LogP contribution in [0.5, 0.6) is 0 Å². The first kappa shape index (κ1) is 11.4. The Morgan fingerprint density at radius 1 is 1.18 bits per heavy atom. The summed E-state index contributed by atoms with van der Waals surface area (Å²) in [5.74, 6) is 0.548. The molecule has 0 radical (unpaired) electrons. The van der Waals surface area contributed by atoms with Crippen LogP contribution in [-0.2, 0) is 6.42 Å². The van der Waals surface area contributed by atoms with Crippen LogP contribution in [0.25, 0.3) is 0 Å². The van der Waals surface area contributed by atoms with Gasteiger partial charge in [-0.2, -0.15) is 0 Å². The number of hydrogen-bond donors (Lipinski definition) is 1. The van der Waals surface area contributed by atoms with Crippen molar-refractivity contribution in [2.45, 2.75) is 6.42 Å². The van der Waals surface area contributed by atoms with Gasteiger partial charge in [-0.1, -0.05) is 6.07 Å². The number of likely N-dealkylation sites (N-methyl/N-ethyl adjacent to an activating group) is 1. The number of nitrogens with zero attached hydrogens (tertiary/aromatic N) is 3. The maximum absolute atomic E-state index is 5.65. The van der Waals surface area contributed by atoms with Gasteiger partial charge in [-0.25, -0.2) is 4.98 Å². The second-order valence-corrected chi connectivity index (χ2v) is 3.93. The molecule has 4 nitrogen and oxygen atoms in total. The first-order valence-corrected chi connectivity index (χ1v) is 5.58. The van der Waals surface area contributed by atoms with Crippen LogP contribution in [0.4, 0.5) is 11.5 Å². The Morgan fingerprint density at radius 3 is 2.76 bits per heavy atom. The summed E-state index contributed by atoms with van der Waals surface area (Å²) in [6.07, 6.45) is 4.46. The van der Waals surface area contributed by atoms with Gasteiger partial charge in [0.15, 0.2) is 0 Å². The Hall–Kier alpha value is -2.10. The molecular weight excluding hydrogens is 212 g/mol. The SMILES string of the molecule is CN(CCc1ccccn1)c1ccnc(N)c1. The fourth-order valence-corrected chi connectivity index (χ4v) is 1.63. The minimum atomic E-state index is 0.548. The molecule has 2 N–H and O–H groups in total. The van der Waals surface area contributed by atoms with E-state index in [9.17, 15) is 0 Å². The lowest BCUT2D eigenvalue weighted by Gasteiger charge is -2.19. The zero-order valence-electron chi connectivity index (χ0n) is 9.87. The molecule has 0 bridgehead atoms. The Balaban J connectivity index is 1.96. The highest BCUT2D eigenvalue weighted by Gasteiger charge is 2.02. The summed E-state index contributed by atoms with van der Waals surface area (Å²) in [6.45, 7) is 0.903. The third-order valence-corrected chi connectivity index (χ3v) is 2.63. The maximum atomic E-state index is 5.65. The average molecular weight is 228 g/mol. The van der Waals surface area contributed by atoms with E-state index in [1.807, 2.05) is 43.6 Å². The molecule has 17 heavy (non-hydrogen) atoms. The molecule has 0 aliphatic rings. The molecule has 0 saturated carbocycles. The lowest BCUT2D eigenvalue weighted by Crippen LogP contribution is -2.20. The van der Waals surface area contributed by atoms with Crippen LogP contribution in [-0.4, -0.2) is 23.6 Å². The Morgan fingerprint density at radius 2 is 2.06 bits per heavy atom. The van der Waals surface area contributed by atoms with Crippen molar-refractivity contribution in [1.29, 1.82) is 0 Å². The number of nitrogens with two attached hydrogens (primary N) is 1. The van der Waals surface area contributed by atoms with Crippen molar-refractivity contribution in [2.24, 2.45) is 0 Å². The predicted molar refractivity (Wildman–Crippen MR) is 69.9 cm³/mol. The summed E-state index contributed by atoms with van der Waals surface area (Å²) in [5, 5.41) is 0. The van der Waals surface area contributed by atoms with Crippen LogP contribution in [0.3, 0.4) is 0 Å². The highest BCUT2D eigenvalue weighted by atomic mass is 15.1. The third-order valence-electron chi connectivity index (χ3n) is 2.63. The summed E-state index contributed by atoms with van der Waals surface area (Å²) in [5.41, 5.74) is 7.83. The number of aromatic nitrogens is 2. The number of pyridine rings is 2. The van der Waals surface area contributed by atoms with Gasteiger partial charge in [-0.15, -0.1) is 0 Å². The average Bonchev–Trinajstić information content (AvgIpc) is 2.37. The van der Waals surface area contributed by atoms with Crippen molar-refractivity contribution in [3.8, 4) is 0 Å². The summed E-state index contributed by atoms with van der Waals surface area (Å²) < 4.78 is 0. The fourth-order valence-electron chi connectivity index (χ4n) is 1.63. The first-order chi connectivity index (χ1) is 8.25. The molecule has 2 aromatic heterocycles. The second-order valence-electron chi connectivity index (χ2n) is 3.93. The Bertz CT molecular complexity index is 470. The van der Waals surface area contributed by atoms with Crippen LogP contribution in [0.1, 0.15) is 5.69 Å². The fraction of sp³-hybridized carbons (Fsp3) is 0.231. The van der Waals surface area contributed by atoms with E-state index >= 15 is 0 Å². The normalized spacial score (nSPS) is 10.2. The van der Waals surface area contributed by atoms with Crippen molar-refractivity contribution >= 4 is 11.5 Å². The molecular formula is C13H16N4. The van der Waals surface area contributed by atoms with Gasteiger partial charge in [-0.05, 0) is 18.2 Å². The van der Waals surface area contributed by atoms with Crippen molar-refractivity contribution in [1.82, 2.24) is 9.97 Å². The molecule has 0 spiro atoms. The standard InChI is InChI=1S/C13H16N4/c1-17(12-5-8-16-13(14)10-12)9-6-11-4-2-3-7-15-11/h2-5,7-8,10H,6,9H2,1H3,(H2,14,16). The molecule has 0 aromatic carbocycles.